The van der Waals surface area contributed by atoms with E-state index >= 15 is 0 Å². The van der Waals surface area contributed by atoms with E-state index in [1.54, 1.807) is 0 Å². The number of nitrogens with zero attached hydrogens (tertiary/aromatic N) is 2. The Balaban J connectivity index is 0.916. The Morgan fingerprint density at radius 2 is 0.836 bits per heavy atom. The molecule has 1 aliphatic carbocycles. The summed E-state index contributed by atoms with van der Waals surface area (Å²) in [6.45, 7) is 0. The predicted octanol–water partition coefficient (Wildman–Crippen LogP) is 13.0. The SMILES string of the molecule is [NH2+]=C1C=C(c2ccc3c(-c4ccccc4)c4ccccc4c(-c4ccccc4)c3c2)C=C/C1=N/Nc1ccc(-c2c3ccccc3c(-c3cccnc3)c3ccccc23)cc1. The van der Waals surface area contributed by atoms with Crippen LogP contribution < -0.4 is 10.8 Å². The molecular formula is C57H39N4+. The lowest BCUT2D eigenvalue weighted by Gasteiger charge is -2.19. The van der Waals surface area contributed by atoms with Crippen LogP contribution in [0.3, 0.4) is 0 Å². The number of anilines is 1. The summed E-state index contributed by atoms with van der Waals surface area (Å²) in [4.78, 5) is 4.45. The number of hydrogen-bond acceptors (Lipinski definition) is 3. The summed E-state index contributed by atoms with van der Waals surface area (Å²) < 4.78 is 0. The monoisotopic (exact) mass is 779 g/mol. The number of hydrazone groups is 1. The molecule has 0 saturated heterocycles. The first-order valence-corrected chi connectivity index (χ1v) is 20.6. The number of nitrogens with two attached hydrogens (primary N) is 1. The van der Waals surface area contributed by atoms with Crippen molar-refractivity contribution >= 4 is 65.8 Å². The van der Waals surface area contributed by atoms with Gasteiger partial charge in [-0.05, 0) is 124 Å². The van der Waals surface area contributed by atoms with Crippen LogP contribution in [0.25, 0.3) is 93.2 Å². The molecule has 286 valence electrons. The number of nitrogens with one attached hydrogen (secondary N) is 1. The summed E-state index contributed by atoms with van der Waals surface area (Å²) in [5.74, 6) is 0. The third kappa shape index (κ3) is 6.39. The van der Waals surface area contributed by atoms with E-state index in [0.717, 1.165) is 28.0 Å². The second kappa shape index (κ2) is 15.2. The van der Waals surface area contributed by atoms with Gasteiger partial charge in [0, 0.05) is 24.0 Å². The van der Waals surface area contributed by atoms with E-state index in [2.05, 4.69) is 198 Å². The Hall–Kier alpha value is -8.21. The van der Waals surface area contributed by atoms with E-state index in [1.165, 1.54) is 76.5 Å². The van der Waals surface area contributed by atoms with Crippen molar-refractivity contribution in [1.29, 1.82) is 0 Å². The molecular weight excluding hydrogens is 741 g/mol. The number of pyridine rings is 1. The molecule has 0 unspecified atom stereocenters. The Morgan fingerprint density at radius 1 is 0.393 bits per heavy atom. The Bertz CT molecular complexity index is 3360. The average molecular weight is 780 g/mol. The van der Waals surface area contributed by atoms with Gasteiger partial charge in [-0.25, -0.2) is 0 Å². The minimum Gasteiger partial charge on any atom is -0.278 e. The maximum absolute atomic E-state index is 6.75. The van der Waals surface area contributed by atoms with Gasteiger partial charge in [-0.15, -0.1) is 0 Å². The van der Waals surface area contributed by atoms with Gasteiger partial charge in [-0.1, -0.05) is 170 Å². The fourth-order valence-electron chi connectivity index (χ4n) is 9.12. The summed E-state index contributed by atoms with van der Waals surface area (Å²) in [5, 5.41) is 21.2. The molecule has 1 aromatic heterocycles. The van der Waals surface area contributed by atoms with Crippen molar-refractivity contribution in [3.63, 3.8) is 0 Å². The fraction of sp³-hybridized carbons (Fsp3) is 0. The fourth-order valence-corrected chi connectivity index (χ4v) is 9.12. The number of rotatable bonds is 7. The van der Waals surface area contributed by atoms with Crippen LogP contribution in [-0.2, 0) is 0 Å². The van der Waals surface area contributed by atoms with Crippen molar-refractivity contribution in [3.05, 3.63) is 224 Å². The van der Waals surface area contributed by atoms with Crippen LogP contribution in [0.4, 0.5) is 5.69 Å². The summed E-state index contributed by atoms with van der Waals surface area (Å²) >= 11 is 0. The van der Waals surface area contributed by atoms with Crippen LogP contribution in [0.2, 0.25) is 0 Å². The number of allylic oxidation sites excluding steroid dienone is 4. The maximum Gasteiger partial charge on any atom is 0.225 e. The lowest BCUT2D eigenvalue weighted by Crippen LogP contribution is -2.44. The molecule has 0 saturated carbocycles. The molecule has 4 nitrogen and oxygen atoms in total. The first kappa shape index (κ1) is 35.9. The zero-order valence-corrected chi connectivity index (χ0v) is 33.3. The zero-order chi connectivity index (χ0) is 40.7. The highest BCUT2D eigenvalue weighted by Gasteiger charge is 2.20. The second-order valence-electron chi connectivity index (χ2n) is 15.4. The molecule has 0 aliphatic heterocycles. The van der Waals surface area contributed by atoms with E-state index in [9.17, 15) is 0 Å². The number of fused-ring (bicyclic) bond motifs is 4. The molecule has 4 heteroatoms. The minimum absolute atomic E-state index is 0.597. The maximum atomic E-state index is 6.75. The van der Waals surface area contributed by atoms with Crippen LogP contribution in [0.15, 0.2) is 224 Å². The summed E-state index contributed by atoms with van der Waals surface area (Å²) in [6, 6.07) is 66.9. The van der Waals surface area contributed by atoms with Gasteiger partial charge in [0.15, 0.2) is 5.71 Å². The highest BCUT2D eigenvalue weighted by Crippen LogP contribution is 2.46. The van der Waals surface area contributed by atoms with Crippen molar-refractivity contribution in [2.75, 3.05) is 5.43 Å². The van der Waals surface area contributed by atoms with E-state index in [-0.39, 0.29) is 0 Å². The van der Waals surface area contributed by atoms with Crippen LogP contribution in [-0.4, -0.2) is 16.4 Å². The molecule has 10 aromatic rings. The minimum atomic E-state index is 0.597. The topological polar surface area (TPSA) is 62.9 Å². The van der Waals surface area contributed by atoms with Gasteiger partial charge in [0.05, 0.1) is 5.69 Å². The first-order chi connectivity index (χ1) is 30.2. The van der Waals surface area contributed by atoms with Crippen molar-refractivity contribution in [2.24, 2.45) is 5.10 Å². The first-order valence-electron chi connectivity index (χ1n) is 20.6. The molecule has 1 heterocycles. The third-order valence-corrected chi connectivity index (χ3v) is 11.9. The van der Waals surface area contributed by atoms with Gasteiger partial charge in [-0.3, -0.25) is 15.8 Å². The van der Waals surface area contributed by atoms with Crippen molar-refractivity contribution in [1.82, 2.24) is 4.98 Å². The lowest BCUT2D eigenvalue weighted by molar-refractivity contribution is -0.108. The van der Waals surface area contributed by atoms with Crippen molar-refractivity contribution < 1.29 is 5.41 Å². The number of aromatic nitrogens is 1. The molecule has 3 N–H and O–H groups in total. The Morgan fingerprint density at radius 3 is 1.34 bits per heavy atom. The van der Waals surface area contributed by atoms with Gasteiger partial charge in [-0.2, -0.15) is 5.10 Å². The summed E-state index contributed by atoms with van der Waals surface area (Å²) in [6.07, 6.45) is 9.90. The smallest absolute Gasteiger partial charge is 0.225 e. The summed E-state index contributed by atoms with van der Waals surface area (Å²) in [7, 11) is 0. The van der Waals surface area contributed by atoms with Crippen LogP contribution in [0, 0.1) is 0 Å². The van der Waals surface area contributed by atoms with Crippen LogP contribution >= 0.6 is 0 Å². The number of benzene rings is 9. The lowest BCUT2D eigenvalue weighted by atomic mass is 9.84. The second-order valence-corrected chi connectivity index (χ2v) is 15.4. The summed E-state index contributed by atoms with van der Waals surface area (Å²) in [5.41, 5.74) is 17.0. The largest absolute Gasteiger partial charge is 0.278 e. The van der Waals surface area contributed by atoms with Gasteiger partial charge in [0.1, 0.15) is 0 Å². The van der Waals surface area contributed by atoms with Crippen molar-refractivity contribution in [2.45, 2.75) is 0 Å². The normalized spacial score (nSPS) is 13.3. The molecule has 0 fully saturated rings. The van der Waals surface area contributed by atoms with Gasteiger partial charge in [0.25, 0.3) is 0 Å². The quantitative estimate of drug-likeness (QED) is 0.0961. The number of hydrogen-bond donors (Lipinski definition) is 2. The predicted molar refractivity (Wildman–Crippen MR) is 258 cm³/mol. The molecule has 0 amide bonds. The molecule has 11 rings (SSSR count). The Labute approximate surface area is 354 Å². The van der Waals surface area contributed by atoms with Crippen LogP contribution in [0.5, 0.6) is 0 Å². The van der Waals surface area contributed by atoms with Crippen LogP contribution in [0.1, 0.15) is 5.56 Å². The highest BCUT2D eigenvalue weighted by molar-refractivity contribution is 6.50. The molecule has 0 radical (unpaired) electrons. The van der Waals surface area contributed by atoms with Gasteiger partial charge < -0.3 is 0 Å². The van der Waals surface area contributed by atoms with E-state index in [0.29, 0.717) is 11.4 Å². The molecule has 1 aliphatic rings. The average Bonchev–Trinajstić information content (AvgIpc) is 3.33. The van der Waals surface area contributed by atoms with Gasteiger partial charge >= 0.3 is 0 Å². The highest BCUT2D eigenvalue weighted by atomic mass is 15.3. The molecule has 0 atom stereocenters. The molecule has 0 spiro atoms. The van der Waals surface area contributed by atoms with E-state index in [4.69, 9.17) is 10.5 Å². The molecule has 0 bridgehead atoms. The van der Waals surface area contributed by atoms with Gasteiger partial charge in [0.2, 0.25) is 5.71 Å². The molecule has 9 aromatic carbocycles. The third-order valence-electron chi connectivity index (χ3n) is 11.9. The standard InChI is InChI=1S/C57H38N4/c58-52-35-41(40-27-31-50-51(34-40)56(38-16-5-2-6-17-38)47-22-10-7-19-44(47)54(50)37-14-3-1-4-15-37)28-32-53(52)61-60-43-29-25-39(26-30-43)55-45-20-8-11-23-48(45)57(42-18-13-33-59-36-42)49-24-12-9-21-46(49)55/h1-36,58,60H/p+1/b58-52?,61-53-. The zero-order valence-electron chi connectivity index (χ0n) is 33.3. The molecule has 61 heavy (non-hydrogen) atoms. The van der Waals surface area contributed by atoms with E-state index < -0.39 is 0 Å². The van der Waals surface area contributed by atoms with E-state index in [1.807, 2.05) is 30.6 Å². The Kier molecular flexibility index (Phi) is 8.94. The van der Waals surface area contributed by atoms with Crippen molar-refractivity contribution in [3.8, 4) is 44.5 Å².